The first-order valence-electron chi connectivity index (χ1n) is 7.79. The Hall–Kier alpha value is -2.47. The summed E-state index contributed by atoms with van der Waals surface area (Å²) < 4.78 is 0. The molecular weight excluding hydrogens is 290 g/mol. The van der Waals surface area contributed by atoms with Crippen LogP contribution in [0.2, 0.25) is 0 Å². The number of likely N-dealkylation sites (N-methyl/N-ethyl adjacent to an activating group) is 1. The van der Waals surface area contributed by atoms with Crippen LogP contribution in [0.25, 0.3) is 0 Å². The highest BCUT2D eigenvalue weighted by Crippen LogP contribution is 2.17. The van der Waals surface area contributed by atoms with Crippen molar-refractivity contribution in [2.24, 2.45) is 0 Å². The molecule has 0 aliphatic carbocycles. The van der Waals surface area contributed by atoms with E-state index in [0.717, 1.165) is 19.6 Å². The van der Waals surface area contributed by atoms with Gasteiger partial charge in [-0.15, -0.1) is 0 Å². The highest BCUT2D eigenvalue weighted by Gasteiger charge is 2.32. The molecule has 0 saturated carbocycles. The fourth-order valence-electron chi connectivity index (χ4n) is 2.88. The normalized spacial score (nSPS) is 18.7. The van der Waals surface area contributed by atoms with Crippen LogP contribution in [-0.2, 0) is 11.3 Å². The maximum atomic E-state index is 12.3. The van der Waals surface area contributed by atoms with E-state index >= 15 is 0 Å². The molecule has 2 heterocycles. The van der Waals surface area contributed by atoms with Gasteiger partial charge < -0.3 is 10.2 Å². The second-order valence-corrected chi connectivity index (χ2v) is 5.58. The lowest BCUT2D eigenvalue weighted by molar-refractivity contribution is -0.126. The summed E-state index contributed by atoms with van der Waals surface area (Å²) in [5.74, 6) is 0.710. The lowest BCUT2D eigenvalue weighted by Crippen LogP contribution is -2.58. The topological polar surface area (TPSA) is 61.4 Å². The molecular formula is C17H21N5O. The molecule has 1 atom stereocenters. The van der Waals surface area contributed by atoms with E-state index in [2.05, 4.69) is 37.2 Å². The third kappa shape index (κ3) is 3.65. The molecule has 0 spiro atoms. The van der Waals surface area contributed by atoms with Gasteiger partial charge in [0.25, 0.3) is 0 Å². The summed E-state index contributed by atoms with van der Waals surface area (Å²) in [4.78, 5) is 25.2. The van der Waals surface area contributed by atoms with Gasteiger partial charge in [-0.25, -0.2) is 9.97 Å². The third-order valence-electron chi connectivity index (χ3n) is 4.10. The van der Waals surface area contributed by atoms with Crippen LogP contribution in [0, 0.1) is 0 Å². The van der Waals surface area contributed by atoms with Crippen molar-refractivity contribution >= 4 is 11.9 Å². The Bertz CT molecular complexity index is 634. The van der Waals surface area contributed by atoms with Gasteiger partial charge in [0.15, 0.2) is 0 Å². The zero-order chi connectivity index (χ0) is 16.1. The summed E-state index contributed by atoms with van der Waals surface area (Å²) >= 11 is 0. The van der Waals surface area contributed by atoms with Gasteiger partial charge in [-0.05, 0) is 11.6 Å². The third-order valence-corrected chi connectivity index (χ3v) is 4.10. The number of nitrogens with zero attached hydrogens (tertiary/aromatic N) is 4. The lowest BCUT2D eigenvalue weighted by Gasteiger charge is -2.40. The minimum absolute atomic E-state index is 0.0292. The maximum absolute atomic E-state index is 12.3. The highest BCUT2D eigenvalue weighted by molar-refractivity contribution is 5.82. The van der Waals surface area contributed by atoms with Gasteiger partial charge >= 0.3 is 0 Å². The SMILES string of the molecule is CNC(=O)C1CN(c2ncccn2)CCN1Cc1ccccc1. The molecule has 0 radical (unpaired) electrons. The summed E-state index contributed by atoms with van der Waals surface area (Å²) in [6.45, 7) is 2.97. The molecule has 1 aromatic carbocycles. The number of anilines is 1. The fourth-order valence-corrected chi connectivity index (χ4v) is 2.88. The molecule has 1 aromatic heterocycles. The first-order valence-corrected chi connectivity index (χ1v) is 7.79. The first-order chi connectivity index (χ1) is 11.3. The second-order valence-electron chi connectivity index (χ2n) is 5.58. The largest absolute Gasteiger partial charge is 0.358 e. The molecule has 1 aliphatic heterocycles. The molecule has 0 bridgehead atoms. The Morgan fingerprint density at radius 2 is 1.91 bits per heavy atom. The number of piperazine rings is 1. The predicted octanol–water partition coefficient (Wildman–Crippen LogP) is 0.913. The van der Waals surface area contributed by atoms with Crippen molar-refractivity contribution in [2.75, 3.05) is 31.6 Å². The molecule has 1 fully saturated rings. The van der Waals surface area contributed by atoms with E-state index in [4.69, 9.17) is 0 Å². The van der Waals surface area contributed by atoms with Gasteiger partial charge in [0, 0.05) is 45.6 Å². The molecule has 6 heteroatoms. The second kappa shape index (κ2) is 7.19. The average Bonchev–Trinajstić information content (AvgIpc) is 2.63. The van der Waals surface area contributed by atoms with Crippen molar-refractivity contribution in [1.82, 2.24) is 20.2 Å². The van der Waals surface area contributed by atoms with Gasteiger partial charge in [0.1, 0.15) is 6.04 Å². The molecule has 3 rings (SSSR count). The number of hydrogen-bond acceptors (Lipinski definition) is 5. The summed E-state index contributed by atoms with van der Waals surface area (Å²) in [5, 5.41) is 2.77. The molecule has 1 saturated heterocycles. The number of benzene rings is 1. The number of carbonyl (C=O) groups excluding carboxylic acids is 1. The number of amides is 1. The standard InChI is InChI=1S/C17H21N5O/c1-18-16(23)15-13-22(17-19-8-5-9-20-17)11-10-21(15)12-14-6-3-2-4-7-14/h2-9,15H,10-13H2,1H3,(H,18,23). The van der Waals surface area contributed by atoms with Crippen LogP contribution >= 0.6 is 0 Å². The maximum Gasteiger partial charge on any atom is 0.238 e. The van der Waals surface area contributed by atoms with Crippen molar-refractivity contribution in [2.45, 2.75) is 12.6 Å². The number of carbonyl (C=O) groups is 1. The zero-order valence-corrected chi connectivity index (χ0v) is 13.2. The fraction of sp³-hybridized carbons (Fsp3) is 0.353. The summed E-state index contributed by atoms with van der Waals surface area (Å²) in [6.07, 6.45) is 3.46. The number of aromatic nitrogens is 2. The lowest BCUT2D eigenvalue weighted by atomic mass is 10.1. The van der Waals surface area contributed by atoms with E-state index in [1.165, 1.54) is 5.56 Å². The summed E-state index contributed by atoms with van der Waals surface area (Å²) in [5.41, 5.74) is 1.21. The minimum Gasteiger partial charge on any atom is -0.358 e. The monoisotopic (exact) mass is 311 g/mol. The quantitative estimate of drug-likeness (QED) is 0.909. The van der Waals surface area contributed by atoms with Crippen LogP contribution in [0.15, 0.2) is 48.8 Å². The predicted molar refractivity (Wildman–Crippen MR) is 89.0 cm³/mol. The van der Waals surface area contributed by atoms with Gasteiger partial charge in [-0.1, -0.05) is 30.3 Å². The number of rotatable bonds is 4. The van der Waals surface area contributed by atoms with Crippen LogP contribution in [0.5, 0.6) is 0 Å². The van der Waals surface area contributed by atoms with Crippen molar-refractivity contribution in [3.05, 3.63) is 54.4 Å². The molecule has 1 aliphatic rings. The van der Waals surface area contributed by atoms with Crippen LogP contribution in [0.3, 0.4) is 0 Å². The summed E-state index contributed by atoms with van der Waals surface area (Å²) in [7, 11) is 1.68. The van der Waals surface area contributed by atoms with Crippen LogP contribution in [0.4, 0.5) is 5.95 Å². The van der Waals surface area contributed by atoms with Crippen molar-refractivity contribution in [1.29, 1.82) is 0 Å². The van der Waals surface area contributed by atoms with E-state index in [1.807, 2.05) is 18.2 Å². The first kappa shape index (κ1) is 15.4. The van der Waals surface area contributed by atoms with Crippen LogP contribution in [-0.4, -0.2) is 53.5 Å². The molecule has 6 nitrogen and oxygen atoms in total. The molecule has 23 heavy (non-hydrogen) atoms. The Kier molecular flexibility index (Phi) is 4.83. The zero-order valence-electron chi connectivity index (χ0n) is 13.2. The number of nitrogens with one attached hydrogen (secondary N) is 1. The Morgan fingerprint density at radius 3 is 2.61 bits per heavy atom. The average molecular weight is 311 g/mol. The highest BCUT2D eigenvalue weighted by atomic mass is 16.2. The van der Waals surface area contributed by atoms with E-state index in [9.17, 15) is 4.79 Å². The summed E-state index contributed by atoms with van der Waals surface area (Å²) in [6, 6.07) is 11.8. The van der Waals surface area contributed by atoms with Crippen molar-refractivity contribution in [3.8, 4) is 0 Å². The van der Waals surface area contributed by atoms with Gasteiger partial charge in [-0.3, -0.25) is 9.69 Å². The van der Waals surface area contributed by atoms with Gasteiger partial charge in [0.2, 0.25) is 11.9 Å². The smallest absolute Gasteiger partial charge is 0.238 e. The Balaban J connectivity index is 1.75. The van der Waals surface area contributed by atoms with E-state index in [-0.39, 0.29) is 11.9 Å². The Morgan fingerprint density at radius 1 is 1.17 bits per heavy atom. The van der Waals surface area contributed by atoms with Crippen molar-refractivity contribution < 1.29 is 4.79 Å². The van der Waals surface area contributed by atoms with Crippen LogP contribution in [0.1, 0.15) is 5.56 Å². The number of hydrogen-bond donors (Lipinski definition) is 1. The van der Waals surface area contributed by atoms with E-state index in [1.54, 1.807) is 25.5 Å². The van der Waals surface area contributed by atoms with E-state index < -0.39 is 0 Å². The molecule has 1 amide bonds. The molecule has 1 N–H and O–H groups in total. The van der Waals surface area contributed by atoms with Gasteiger partial charge in [0.05, 0.1) is 0 Å². The van der Waals surface area contributed by atoms with E-state index in [0.29, 0.717) is 12.5 Å². The van der Waals surface area contributed by atoms with Gasteiger partial charge in [-0.2, -0.15) is 0 Å². The van der Waals surface area contributed by atoms with Crippen LogP contribution < -0.4 is 10.2 Å². The molecule has 1 unspecified atom stereocenters. The van der Waals surface area contributed by atoms with Crippen molar-refractivity contribution in [3.63, 3.8) is 0 Å². The molecule has 2 aromatic rings. The molecule has 120 valence electrons. The minimum atomic E-state index is -0.210. The Labute approximate surface area is 136 Å².